The molecular weight excluding hydrogens is 250 g/mol. The standard InChI is InChI=1S/C12H13N3O4/c1-6(4-10(13)16)14-12-15-8-3-2-7(11(17)18)5-9(8)19-12/h2-3,5-6H,4H2,1H3,(H2,13,16)(H,14,15)(H,17,18). The van der Waals surface area contributed by atoms with Crippen molar-refractivity contribution in [3.8, 4) is 0 Å². The van der Waals surface area contributed by atoms with E-state index in [-0.39, 0.29) is 24.0 Å². The van der Waals surface area contributed by atoms with Crippen molar-refractivity contribution in [1.82, 2.24) is 4.98 Å². The molecule has 1 atom stereocenters. The van der Waals surface area contributed by atoms with Crippen molar-refractivity contribution in [3.63, 3.8) is 0 Å². The normalized spacial score (nSPS) is 12.3. The number of carbonyl (C=O) groups is 2. The van der Waals surface area contributed by atoms with E-state index in [2.05, 4.69) is 10.3 Å². The quantitative estimate of drug-likeness (QED) is 0.745. The first kappa shape index (κ1) is 12.9. The highest BCUT2D eigenvalue weighted by molar-refractivity contribution is 5.92. The number of carboxylic acids is 1. The molecule has 1 unspecified atom stereocenters. The molecule has 7 heteroatoms. The van der Waals surface area contributed by atoms with E-state index in [4.69, 9.17) is 15.3 Å². The Morgan fingerprint density at radius 2 is 2.26 bits per heavy atom. The number of hydrogen-bond donors (Lipinski definition) is 3. The first-order chi connectivity index (χ1) is 8.95. The van der Waals surface area contributed by atoms with Crippen molar-refractivity contribution >= 4 is 29.0 Å². The van der Waals surface area contributed by atoms with Gasteiger partial charge in [-0.1, -0.05) is 0 Å². The van der Waals surface area contributed by atoms with Gasteiger partial charge in [0.25, 0.3) is 6.01 Å². The summed E-state index contributed by atoms with van der Waals surface area (Å²) in [5, 5.41) is 11.8. The number of aromatic nitrogens is 1. The van der Waals surface area contributed by atoms with Gasteiger partial charge in [0.1, 0.15) is 5.52 Å². The van der Waals surface area contributed by atoms with Crippen molar-refractivity contribution in [2.45, 2.75) is 19.4 Å². The number of nitrogens with two attached hydrogens (primary N) is 1. The smallest absolute Gasteiger partial charge is 0.335 e. The van der Waals surface area contributed by atoms with E-state index in [1.807, 2.05) is 0 Å². The van der Waals surface area contributed by atoms with E-state index in [1.165, 1.54) is 12.1 Å². The molecule has 0 aliphatic heterocycles. The number of amides is 1. The van der Waals surface area contributed by atoms with Crippen LogP contribution < -0.4 is 11.1 Å². The van der Waals surface area contributed by atoms with E-state index in [0.29, 0.717) is 11.1 Å². The Labute approximate surface area is 108 Å². The van der Waals surface area contributed by atoms with Crippen LogP contribution in [-0.2, 0) is 4.79 Å². The van der Waals surface area contributed by atoms with Crippen LogP contribution in [-0.4, -0.2) is 28.0 Å². The van der Waals surface area contributed by atoms with Gasteiger partial charge >= 0.3 is 5.97 Å². The van der Waals surface area contributed by atoms with Crippen LogP contribution in [0.15, 0.2) is 22.6 Å². The number of primary amides is 1. The van der Waals surface area contributed by atoms with E-state index < -0.39 is 11.9 Å². The lowest BCUT2D eigenvalue weighted by Crippen LogP contribution is -2.24. The number of aromatic carboxylic acids is 1. The zero-order chi connectivity index (χ0) is 14.0. The molecule has 0 aliphatic carbocycles. The van der Waals surface area contributed by atoms with Gasteiger partial charge in [0, 0.05) is 12.5 Å². The van der Waals surface area contributed by atoms with Gasteiger partial charge in [0.05, 0.1) is 5.56 Å². The summed E-state index contributed by atoms with van der Waals surface area (Å²) in [6.45, 7) is 1.77. The Bertz CT molecular complexity index is 635. The SMILES string of the molecule is CC(CC(N)=O)Nc1nc2ccc(C(=O)O)cc2o1. The Morgan fingerprint density at radius 3 is 2.89 bits per heavy atom. The number of carbonyl (C=O) groups excluding carboxylic acids is 1. The van der Waals surface area contributed by atoms with Crippen molar-refractivity contribution < 1.29 is 19.1 Å². The van der Waals surface area contributed by atoms with Crippen LogP contribution >= 0.6 is 0 Å². The summed E-state index contributed by atoms with van der Waals surface area (Å²) in [5.41, 5.74) is 6.12. The average molecular weight is 263 g/mol. The summed E-state index contributed by atoms with van der Waals surface area (Å²) in [6, 6.07) is 4.42. The molecule has 0 radical (unpaired) electrons. The summed E-state index contributed by atoms with van der Waals surface area (Å²) in [4.78, 5) is 25.7. The fourth-order valence-corrected chi connectivity index (χ4v) is 1.68. The number of nitrogens with zero attached hydrogens (tertiary/aromatic N) is 1. The maximum Gasteiger partial charge on any atom is 0.335 e. The lowest BCUT2D eigenvalue weighted by atomic mass is 10.2. The van der Waals surface area contributed by atoms with Crippen molar-refractivity contribution in [1.29, 1.82) is 0 Å². The predicted molar refractivity (Wildman–Crippen MR) is 67.9 cm³/mol. The Morgan fingerprint density at radius 1 is 1.53 bits per heavy atom. The maximum absolute atomic E-state index is 10.8. The second kappa shape index (κ2) is 4.97. The third kappa shape index (κ3) is 3.01. The Balaban J connectivity index is 2.21. The molecular formula is C12H13N3O4. The highest BCUT2D eigenvalue weighted by atomic mass is 16.4. The topological polar surface area (TPSA) is 118 Å². The molecule has 19 heavy (non-hydrogen) atoms. The van der Waals surface area contributed by atoms with E-state index in [1.54, 1.807) is 13.0 Å². The van der Waals surface area contributed by atoms with E-state index in [9.17, 15) is 9.59 Å². The first-order valence-corrected chi connectivity index (χ1v) is 5.64. The van der Waals surface area contributed by atoms with Gasteiger partial charge in [0.2, 0.25) is 5.91 Å². The van der Waals surface area contributed by atoms with Crippen molar-refractivity contribution in [2.75, 3.05) is 5.32 Å². The number of rotatable bonds is 5. The molecule has 0 saturated carbocycles. The molecule has 1 aromatic heterocycles. The number of benzene rings is 1. The molecule has 0 bridgehead atoms. The monoisotopic (exact) mass is 263 g/mol. The molecule has 7 nitrogen and oxygen atoms in total. The first-order valence-electron chi connectivity index (χ1n) is 5.64. The summed E-state index contributed by atoms with van der Waals surface area (Å²) < 4.78 is 5.37. The molecule has 1 amide bonds. The minimum atomic E-state index is -1.03. The molecule has 1 heterocycles. The second-order valence-electron chi connectivity index (χ2n) is 4.22. The number of hydrogen-bond acceptors (Lipinski definition) is 5. The lowest BCUT2D eigenvalue weighted by molar-refractivity contribution is -0.118. The summed E-state index contributed by atoms with van der Waals surface area (Å²) in [6.07, 6.45) is 0.152. The molecule has 100 valence electrons. The molecule has 2 rings (SSSR count). The summed E-state index contributed by atoms with van der Waals surface area (Å²) in [7, 11) is 0. The third-order valence-electron chi connectivity index (χ3n) is 2.51. The van der Waals surface area contributed by atoms with Gasteiger partial charge in [-0.2, -0.15) is 4.98 Å². The van der Waals surface area contributed by atoms with Gasteiger partial charge in [-0.25, -0.2) is 4.79 Å². The van der Waals surface area contributed by atoms with Gasteiger partial charge < -0.3 is 20.6 Å². The van der Waals surface area contributed by atoms with Crippen LogP contribution in [0.3, 0.4) is 0 Å². The number of fused-ring (bicyclic) bond motifs is 1. The van der Waals surface area contributed by atoms with Crippen molar-refractivity contribution in [2.24, 2.45) is 5.73 Å². The summed E-state index contributed by atoms with van der Waals surface area (Å²) in [5.74, 6) is -1.46. The zero-order valence-corrected chi connectivity index (χ0v) is 10.2. The number of carboxylic acid groups (broad SMARTS) is 1. The van der Waals surface area contributed by atoms with Gasteiger partial charge in [0.15, 0.2) is 5.58 Å². The molecule has 4 N–H and O–H groups in total. The van der Waals surface area contributed by atoms with Crippen LogP contribution in [0.5, 0.6) is 0 Å². The maximum atomic E-state index is 10.8. The Hall–Kier alpha value is -2.57. The summed E-state index contributed by atoms with van der Waals surface area (Å²) >= 11 is 0. The molecule has 2 aromatic rings. The van der Waals surface area contributed by atoms with Crippen molar-refractivity contribution in [3.05, 3.63) is 23.8 Å². The highest BCUT2D eigenvalue weighted by Crippen LogP contribution is 2.21. The number of nitrogens with one attached hydrogen (secondary N) is 1. The Kier molecular flexibility index (Phi) is 3.37. The predicted octanol–water partition coefficient (Wildman–Crippen LogP) is 1.20. The van der Waals surface area contributed by atoms with Gasteiger partial charge in [-0.15, -0.1) is 0 Å². The zero-order valence-electron chi connectivity index (χ0n) is 10.2. The average Bonchev–Trinajstić information content (AvgIpc) is 2.68. The molecule has 0 aliphatic rings. The minimum Gasteiger partial charge on any atom is -0.478 e. The fraction of sp³-hybridized carbons (Fsp3) is 0.250. The van der Waals surface area contributed by atoms with Crippen LogP contribution in [0.2, 0.25) is 0 Å². The molecule has 0 spiro atoms. The van der Waals surface area contributed by atoms with Crippen LogP contribution in [0.4, 0.5) is 6.01 Å². The van der Waals surface area contributed by atoms with Gasteiger partial charge in [-0.3, -0.25) is 4.79 Å². The minimum absolute atomic E-state index is 0.125. The van der Waals surface area contributed by atoms with Crippen LogP contribution in [0, 0.1) is 0 Å². The van der Waals surface area contributed by atoms with Crippen LogP contribution in [0.25, 0.3) is 11.1 Å². The van der Waals surface area contributed by atoms with E-state index in [0.717, 1.165) is 0 Å². The number of oxazole rings is 1. The number of anilines is 1. The lowest BCUT2D eigenvalue weighted by Gasteiger charge is -2.08. The molecule has 0 fully saturated rings. The van der Waals surface area contributed by atoms with E-state index >= 15 is 0 Å². The largest absolute Gasteiger partial charge is 0.478 e. The van der Waals surface area contributed by atoms with Crippen LogP contribution in [0.1, 0.15) is 23.7 Å². The molecule has 0 saturated heterocycles. The third-order valence-corrected chi connectivity index (χ3v) is 2.51. The fourth-order valence-electron chi connectivity index (χ4n) is 1.68. The highest BCUT2D eigenvalue weighted by Gasteiger charge is 2.12. The second-order valence-corrected chi connectivity index (χ2v) is 4.22. The molecule has 1 aromatic carbocycles. The van der Waals surface area contributed by atoms with Gasteiger partial charge in [-0.05, 0) is 25.1 Å².